The highest BCUT2D eigenvalue weighted by atomic mass is 16.5. The minimum Gasteiger partial charge on any atom is -0.497 e. The van der Waals surface area contributed by atoms with E-state index in [1.165, 1.54) is 22.4 Å². The highest BCUT2D eigenvalue weighted by Crippen LogP contribution is 2.28. The number of aryl methyl sites for hydroxylation is 2. The molecule has 1 unspecified atom stereocenters. The van der Waals surface area contributed by atoms with Crippen LogP contribution in [0.15, 0.2) is 42.5 Å². The lowest BCUT2D eigenvalue weighted by atomic mass is 10.0. The molecule has 3 heteroatoms. The Morgan fingerprint density at radius 2 is 1.76 bits per heavy atom. The Labute approximate surface area is 127 Å². The van der Waals surface area contributed by atoms with Crippen LogP contribution in [-0.2, 0) is 0 Å². The number of methoxy groups -OCH3 is 1. The Morgan fingerprint density at radius 3 is 2.33 bits per heavy atom. The van der Waals surface area contributed by atoms with E-state index in [0.717, 1.165) is 5.75 Å². The van der Waals surface area contributed by atoms with Gasteiger partial charge in [-0.2, -0.15) is 0 Å². The molecular formula is C18H24N2O. The molecule has 112 valence electrons. The average molecular weight is 284 g/mol. The minimum absolute atomic E-state index is 0.126. The second-order valence-electron chi connectivity index (χ2n) is 5.48. The molecule has 0 aliphatic heterocycles. The van der Waals surface area contributed by atoms with Crippen LogP contribution < -0.4 is 15.4 Å². The van der Waals surface area contributed by atoms with Crippen LogP contribution in [0.2, 0.25) is 0 Å². The van der Waals surface area contributed by atoms with E-state index in [4.69, 9.17) is 10.5 Å². The lowest BCUT2D eigenvalue weighted by Crippen LogP contribution is -2.30. The fourth-order valence-electron chi connectivity index (χ4n) is 2.70. The van der Waals surface area contributed by atoms with Crippen LogP contribution in [0.5, 0.6) is 5.75 Å². The Morgan fingerprint density at radius 1 is 1.10 bits per heavy atom. The van der Waals surface area contributed by atoms with Crippen molar-refractivity contribution in [3.63, 3.8) is 0 Å². The van der Waals surface area contributed by atoms with Gasteiger partial charge >= 0.3 is 0 Å². The second kappa shape index (κ2) is 6.64. The lowest BCUT2D eigenvalue weighted by Gasteiger charge is -2.30. The minimum atomic E-state index is 0.126. The zero-order chi connectivity index (χ0) is 15.4. The van der Waals surface area contributed by atoms with Crippen molar-refractivity contribution in [3.05, 3.63) is 59.2 Å². The van der Waals surface area contributed by atoms with Gasteiger partial charge in [0.15, 0.2) is 0 Å². The number of nitrogens with two attached hydrogens (primary N) is 1. The lowest BCUT2D eigenvalue weighted by molar-refractivity contribution is 0.413. The van der Waals surface area contributed by atoms with Crippen molar-refractivity contribution in [1.82, 2.24) is 0 Å². The first kappa shape index (κ1) is 15.4. The van der Waals surface area contributed by atoms with E-state index in [0.29, 0.717) is 6.54 Å². The van der Waals surface area contributed by atoms with Crippen LogP contribution >= 0.6 is 0 Å². The van der Waals surface area contributed by atoms with Crippen molar-refractivity contribution in [3.8, 4) is 5.75 Å². The van der Waals surface area contributed by atoms with Crippen LogP contribution in [-0.4, -0.2) is 20.7 Å². The van der Waals surface area contributed by atoms with E-state index in [1.807, 2.05) is 12.1 Å². The summed E-state index contributed by atoms with van der Waals surface area (Å²) in [5.74, 6) is 0.861. The molecule has 3 nitrogen and oxygen atoms in total. The van der Waals surface area contributed by atoms with Crippen molar-refractivity contribution in [2.45, 2.75) is 19.9 Å². The Bertz CT molecular complexity index is 590. The monoisotopic (exact) mass is 284 g/mol. The van der Waals surface area contributed by atoms with Crippen LogP contribution in [0, 0.1) is 13.8 Å². The van der Waals surface area contributed by atoms with E-state index in [9.17, 15) is 0 Å². The van der Waals surface area contributed by atoms with Gasteiger partial charge in [0, 0.05) is 19.3 Å². The SMILES string of the molecule is COc1cccc(C(CN)N(C)c2cc(C)cc(C)c2)c1. The third kappa shape index (κ3) is 3.56. The van der Waals surface area contributed by atoms with Gasteiger partial charge in [0.05, 0.1) is 13.2 Å². The summed E-state index contributed by atoms with van der Waals surface area (Å²) in [5, 5.41) is 0. The summed E-state index contributed by atoms with van der Waals surface area (Å²) in [6.45, 7) is 4.79. The molecule has 0 aliphatic carbocycles. The molecule has 1 atom stereocenters. The van der Waals surface area contributed by atoms with Crippen molar-refractivity contribution in [2.24, 2.45) is 5.73 Å². The number of rotatable bonds is 5. The molecule has 2 aromatic carbocycles. The smallest absolute Gasteiger partial charge is 0.119 e. The van der Waals surface area contributed by atoms with Gasteiger partial charge in [-0.1, -0.05) is 18.2 Å². The maximum absolute atomic E-state index is 6.03. The summed E-state index contributed by atoms with van der Waals surface area (Å²) in [6, 6.07) is 14.8. The molecule has 0 saturated heterocycles. The summed E-state index contributed by atoms with van der Waals surface area (Å²) in [5.41, 5.74) is 10.9. The number of anilines is 1. The van der Waals surface area contributed by atoms with Gasteiger partial charge in [-0.3, -0.25) is 0 Å². The fraction of sp³-hybridized carbons (Fsp3) is 0.333. The number of ether oxygens (including phenoxy) is 1. The van der Waals surface area contributed by atoms with Gasteiger partial charge in [-0.25, -0.2) is 0 Å². The Balaban J connectivity index is 2.35. The third-order valence-corrected chi connectivity index (χ3v) is 3.78. The molecule has 2 aromatic rings. The number of likely N-dealkylation sites (N-methyl/N-ethyl adjacent to an activating group) is 1. The zero-order valence-electron chi connectivity index (χ0n) is 13.3. The number of hydrogen-bond acceptors (Lipinski definition) is 3. The second-order valence-corrected chi connectivity index (χ2v) is 5.48. The molecule has 2 rings (SSSR count). The molecule has 0 amide bonds. The van der Waals surface area contributed by atoms with Gasteiger partial charge in [0.1, 0.15) is 5.75 Å². The van der Waals surface area contributed by atoms with Crippen LogP contribution in [0.4, 0.5) is 5.69 Å². The summed E-state index contributed by atoms with van der Waals surface area (Å²) in [4.78, 5) is 2.23. The summed E-state index contributed by atoms with van der Waals surface area (Å²) >= 11 is 0. The van der Waals surface area contributed by atoms with Crippen molar-refractivity contribution in [2.75, 3.05) is 25.6 Å². The Kier molecular flexibility index (Phi) is 4.86. The molecular weight excluding hydrogens is 260 g/mol. The van der Waals surface area contributed by atoms with Crippen LogP contribution in [0.25, 0.3) is 0 Å². The van der Waals surface area contributed by atoms with Gasteiger partial charge in [-0.15, -0.1) is 0 Å². The highest BCUT2D eigenvalue weighted by Gasteiger charge is 2.17. The average Bonchev–Trinajstić information content (AvgIpc) is 2.47. The molecule has 0 saturated carbocycles. The summed E-state index contributed by atoms with van der Waals surface area (Å²) < 4.78 is 5.31. The first-order valence-corrected chi connectivity index (χ1v) is 7.20. The number of nitrogens with zero attached hydrogens (tertiary/aromatic N) is 1. The highest BCUT2D eigenvalue weighted by molar-refractivity contribution is 5.52. The summed E-state index contributed by atoms with van der Waals surface area (Å²) in [6.07, 6.45) is 0. The predicted molar refractivity (Wildman–Crippen MR) is 89.1 cm³/mol. The number of benzene rings is 2. The molecule has 0 bridgehead atoms. The van der Waals surface area contributed by atoms with E-state index in [2.05, 4.69) is 56.1 Å². The molecule has 0 radical (unpaired) electrons. The predicted octanol–water partition coefficient (Wildman–Crippen LogP) is 3.45. The molecule has 21 heavy (non-hydrogen) atoms. The maximum atomic E-state index is 6.03. The van der Waals surface area contributed by atoms with Crippen molar-refractivity contribution < 1.29 is 4.74 Å². The van der Waals surface area contributed by atoms with E-state index < -0.39 is 0 Å². The fourth-order valence-corrected chi connectivity index (χ4v) is 2.70. The first-order chi connectivity index (χ1) is 10.0. The quantitative estimate of drug-likeness (QED) is 0.914. The molecule has 0 fully saturated rings. The third-order valence-electron chi connectivity index (χ3n) is 3.78. The van der Waals surface area contributed by atoms with Crippen molar-refractivity contribution in [1.29, 1.82) is 0 Å². The first-order valence-electron chi connectivity index (χ1n) is 7.20. The maximum Gasteiger partial charge on any atom is 0.119 e. The van der Waals surface area contributed by atoms with Crippen LogP contribution in [0.1, 0.15) is 22.7 Å². The van der Waals surface area contributed by atoms with E-state index >= 15 is 0 Å². The summed E-state index contributed by atoms with van der Waals surface area (Å²) in [7, 11) is 3.77. The van der Waals surface area contributed by atoms with Gasteiger partial charge < -0.3 is 15.4 Å². The molecule has 0 aliphatic rings. The normalized spacial score (nSPS) is 12.0. The molecule has 0 heterocycles. The Hall–Kier alpha value is -2.00. The van der Waals surface area contributed by atoms with E-state index in [1.54, 1.807) is 7.11 Å². The van der Waals surface area contributed by atoms with Gasteiger partial charge in [-0.05, 0) is 54.8 Å². The van der Waals surface area contributed by atoms with Crippen LogP contribution in [0.3, 0.4) is 0 Å². The largest absolute Gasteiger partial charge is 0.497 e. The molecule has 0 spiro atoms. The number of hydrogen-bond donors (Lipinski definition) is 1. The van der Waals surface area contributed by atoms with Gasteiger partial charge in [0.25, 0.3) is 0 Å². The molecule has 2 N–H and O–H groups in total. The van der Waals surface area contributed by atoms with Gasteiger partial charge in [0.2, 0.25) is 0 Å². The van der Waals surface area contributed by atoms with E-state index in [-0.39, 0.29) is 6.04 Å². The van der Waals surface area contributed by atoms with Crippen molar-refractivity contribution >= 4 is 5.69 Å². The topological polar surface area (TPSA) is 38.5 Å². The molecule has 0 aromatic heterocycles. The standard InChI is InChI=1S/C18H24N2O/c1-13-8-14(2)10-16(9-13)20(3)18(12-19)15-6-5-7-17(11-15)21-4/h5-11,18H,12,19H2,1-4H3. The zero-order valence-corrected chi connectivity index (χ0v) is 13.3.